The summed E-state index contributed by atoms with van der Waals surface area (Å²) in [6.07, 6.45) is 0.768. The Hall–Kier alpha value is -0.380. The fraction of sp³-hybridized carbons (Fsp3) is 0.714. The molecule has 1 aromatic rings. The van der Waals surface area contributed by atoms with Crippen LogP contribution in [-0.2, 0) is 10.2 Å². The lowest BCUT2D eigenvalue weighted by molar-refractivity contribution is 0.0448. The number of thiophene rings is 1. The second-order valence-electron chi connectivity index (χ2n) is 5.93. The molecule has 3 unspecified atom stereocenters. The van der Waals surface area contributed by atoms with Crippen molar-refractivity contribution in [2.45, 2.75) is 51.7 Å². The van der Waals surface area contributed by atoms with E-state index in [1.165, 1.54) is 4.88 Å². The van der Waals surface area contributed by atoms with Gasteiger partial charge in [0.15, 0.2) is 0 Å². The van der Waals surface area contributed by atoms with Gasteiger partial charge in [-0.05, 0) is 30.9 Å². The Kier molecular flexibility index (Phi) is 3.62. The van der Waals surface area contributed by atoms with Crippen LogP contribution >= 0.6 is 11.3 Å². The predicted molar refractivity (Wildman–Crippen MR) is 71.5 cm³/mol. The van der Waals surface area contributed by atoms with E-state index in [2.05, 4.69) is 39.8 Å². The first-order valence-electron chi connectivity index (χ1n) is 6.29. The molecule has 1 aromatic heterocycles. The van der Waals surface area contributed by atoms with Gasteiger partial charge in [-0.25, -0.2) is 0 Å². The molecule has 96 valence electrons. The number of rotatable bonds is 2. The highest BCUT2D eigenvalue weighted by atomic mass is 32.1. The van der Waals surface area contributed by atoms with Gasteiger partial charge in [-0.15, -0.1) is 11.3 Å². The molecule has 0 saturated carbocycles. The summed E-state index contributed by atoms with van der Waals surface area (Å²) in [6, 6.07) is 4.21. The zero-order valence-electron chi connectivity index (χ0n) is 11.1. The maximum absolute atomic E-state index is 10.4. The average Bonchev–Trinajstić information content (AvgIpc) is 2.83. The van der Waals surface area contributed by atoms with Gasteiger partial charge in [-0.3, -0.25) is 0 Å². The minimum atomic E-state index is -0.367. The molecule has 17 heavy (non-hydrogen) atoms. The molecular weight excluding hydrogens is 232 g/mol. The normalized spacial score (nSPS) is 27.4. The molecular formula is C14H22O2S. The van der Waals surface area contributed by atoms with E-state index in [9.17, 15) is 5.11 Å². The monoisotopic (exact) mass is 254 g/mol. The summed E-state index contributed by atoms with van der Waals surface area (Å²) >= 11 is 1.73. The third-order valence-corrected chi connectivity index (χ3v) is 5.08. The zero-order chi connectivity index (χ0) is 12.6. The molecule has 3 atom stereocenters. The van der Waals surface area contributed by atoms with Gasteiger partial charge < -0.3 is 9.84 Å². The minimum absolute atomic E-state index is 0.167. The molecule has 0 spiro atoms. The molecule has 2 rings (SSSR count). The highest BCUT2D eigenvalue weighted by Gasteiger charge is 2.32. The van der Waals surface area contributed by atoms with Crippen molar-refractivity contribution >= 4 is 11.3 Å². The van der Waals surface area contributed by atoms with E-state index in [0.717, 1.165) is 17.9 Å². The first-order chi connectivity index (χ1) is 7.89. The third kappa shape index (κ3) is 2.72. The lowest BCUT2D eigenvalue weighted by Crippen LogP contribution is -2.19. The first kappa shape index (κ1) is 13.1. The highest BCUT2D eigenvalue weighted by molar-refractivity contribution is 7.12. The van der Waals surface area contributed by atoms with Crippen molar-refractivity contribution in [1.29, 1.82) is 0 Å². The van der Waals surface area contributed by atoms with Crippen LogP contribution in [0.15, 0.2) is 12.1 Å². The van der Waals surface area contributed by atoms with Gasteiger partial charge in [0.05, 0.1) is 12.2 Å². The van der Waals surface area contributed by atoms with Gasteiger partial charge in [0.1, 0.15) is 0 Å². The van der Waals surface area contributed by atoms with Gasteiger partial charge in [0, 0.05) is 22.3 Å². The average molecular weight is 254 g/mol. The van der Waals surface area contributed by atoms with Crippen molar-refractivity contribution < 1.29 is 9.84 Å². The van der Waals surface area contributed by atoms with Gasteiger partial charge in [-0.2, -0.15) is 0 Å². The van der Waals surface area contributed by atoms with E-state index in [0.29, 0.717) is 0 Å². The molecule has 0 aliphatic carbocycles. The van der Waals surface area contributed by atoms with Crippen molar-refractivity contribution in [2.75, 3.05) is 6.61 Å². The highest BCUT2D eigenvalue weighted by Crippen LogP contribution is 2.38. The molecule has 0 radical (unpaired) electrons. The van der Waals surface area contributed by atoms with E-state index in [4.69, 9.17) is 4.74 Å². The molecule has 2 heterocycles. The number of ether oxygens (including phenoxy) is 1. The van der Waals surface area contributed by atoms with E-state index < -0.39 is 0 Å². The Morgan fingerprint density at radius 1 is 1.41 bits per heavy atom. The smallest absolute Gasteiger partial charge is 0.0935 e. The lowest BCUT2D eigenvalue weighted by Gasteiger charge is -2.20. The lowest BCUT2D eigenvalue weighted by atomic mass is 9.94. The van der Waals surface area contributed by atoms with Crippen LogP contribution in [0.3, 0.4) is 0 Å². The van der Waals surface area contributed by atoms with Gasteiger partial charge in [0.25, 0.3) is 0 Å². The molecule has 1 fully saturated rings. The van der Waals surface area contributed by atoms with Crippen molar-refractivity contribution in [3.05, 3.63) is 21.9 Å². The van der Waals surface area contributed by atoms with E-state index in [-0.39, 0.29) is 23.5 Å². The van der Waals surface area contributed by atoms with Crippen LogP contribution in [0.4, 0.5) is 0 Å². The minimum Gasteiger partial charge on any atom is -0.387 e. The van der Waals surface area contributed by atoms with Gasteiger partial charge in [-0.1, -0.05) is 20.8 Å². The Morgan fingerprint density at radius 2 is 2.12 bits per heavy atom. The Labute approximate surface area is 108 Å². The Balaban J connectivity index is 2.14. The summed E-state index contributed by atoms with van der Waals surface area (Å²) in [7, 11) is 0. The number of aliphatic hydroxyl groups is 1. The largest absolute Gasteiger partial charge is 0.387 e. The second kappa shape index (κ2) is 4.71. The van der Waals surface area contributed by atoms with Crippen LogP contribution in [0.25, 0.3) is 0 Å². The maximum atomic E-state index is 10.4. The quantitative estimate of drug-likeness (QED) is 0.875. The molecule has 0 aromatic carbocycles. The first-order valence-corrected chi connectivity index (χ1v) is 7.11. The Morgan fingerprint density at radius 3 is 2.59 bits per heavy atom. The third-order valence-electron chi connectivity index (χ3n) is 3.50. The summed E-state index contributed by atoms with van der Waals surface area (Å²) in [5.41, 5.74) is 0.167. The van der Waals surface area contributed by atoms with Crippen LogP contribution in [0.5, 0.6) is 0 Å². The molecule has 0 bridgehead atoms. The fourth-order valence-electron chi connectivity index (χ4n) is 2.29. The van der Waals surface area contributed by atoms with Crippen LogP contribution < -0.4 is 0 Å². The standard InChI is InChI=1S/C14H22O2S/c1-9-10(7-8-16-9)13(15)11-5-6-12(17-11)14(2,3)4/h5-6,9-10,13,15H,7-8H2,1-4H3. The number of hydrogen-bond acceptors (Lipinski definition) is 3. The van der Waals surface area contributed by atoms with Crippen molar-refractivity contribution in [1.82, 2.24) is 0 Å². The van der Waals surface area contributed by atoms with E-state index in [1.807, 2.05) is 0 Å². The van der Waals surface area contributed by atoms with Crippen LogP contribution in [0.1, 0.15) is 50.0 Å². The van der Waals surface area contributed by atoms with Crippen LogP contribution in [0.2, 0.25) is 0 Å². The molecule has 1 N–H and O–H groups in total. The summed E-state index contributed by atoms with van der Waals surface area (Å²) in [5, 5.41) is 10.4. The molecule has 0 amide bonds. The summed E-state index contributed by atoms with van der Waals surface area (Å²) in [6.45, 7) is 9.45. The van der Waals surface area contributed by atoms with E-state index >= 15 is 0 Å². The predicted octanol–water partition coefficient (Wildman–Crippen LogP) is 3.50. The molecule has 1 saturated heterocycles. The summed E-state index contributed by atoms with van der Waals surface area (Å²) in [4.78, 5) is 2.41. The number of aliphatic hydroxyl groups excluding tert-OH is 1. The number of hydrogen-bond donors (Lipinski definition) is 1. The van der Waals surface area contributed by atoms with Gasteiger partial charge >= 0.3 is 0 Å². The van der Waals surface area contributed by atoms with Crippen molar-refractivity contribution in [3.63, 3.8) is 0 Å². The zero-order valence-corrected chi connectivity index (χ0v) is 11.9. The van der Waals surface area contributed by atoms with Crippen molar-refractivity contribution in [3.8, 4) is 0 Å². The van der Waals surface area contributed by atoms with Crippen LogP contribution in [0, 0.1) is 5.92 Å². The molecule has 1 aliphatic rings. The second-order valence-corrected chi connectivity index (χ2v) is 7.04. The van der Waals surface area contributed by atoms with Gasteiger partial charge in [0.2, 0.25) is 0 Å². The maximum Gasteiger partial charge on any atom is 0.0935 e. The molecule has 2 nitrogen and oxygen atoms in total. The fourth-order valence-corrected chi connectivity index (χ4v) is 3.42. The summed E-state index contributed by atoms with van der Waals surface area (Å²) < 4.78 is 5.53. The SMILES string of the molecule is CC1OCCC1C(O)c1ccc(C(C)(C)C)s1. The molecule has 3 heteroatoms. The molecule has 1 aliphatic heterocycles. The van der Waals surface area contributed by atoms with Crippen LogP contribution in [-0.4, -0.2) is 17.8 Å². The summed E-state index contributed by atoms with van der Waals surface area (Å²) in [5.74, 6) is 0.251. The van der Waals surface area contributed by atoms with E-state index in [1.54, 1.807) is 11.3 Å². The Bertz CT molecular complexity index is 378. The van der Waals surface area contributed by atoms with Crippen molar-refractivity contribution in [2.24, 2.45) is 5.92 Å². The topological polar surface area (TPSA) is 29.5 Å².